The Morgan fingerprint density at radius 3 is 2.45 bits per heavy atom. The van der Waals surface area contributed by atoms with Gasteiger partial charge < -0.3 is 9.84 Å². The summed E-state index contributed by atoms with van der Waals surface area (Å²) < 4.78 is 19.3. The number of benzene rings is 2. The van der Waals surface area contributed by atoms with Crippen LogP contribution in [0.25, 0.3) is 0 Å². The number of halogens is 3. The Bertz CT molecular complexity index is 642. The number of hydrogen-bond donors (Lipinski definition) is 1. The van der Waals surface area contributed by atoms with Crippen LogP contribution in [0.3, 0.4) is 0 Å². The van der Waals surface area contributed by atoms with Crippen molar-refractivity contribution in [1.82, 2.24) is 0 Å². The smallest absolute Gasteiger partial charge is 0.146 e. The molecule has 20 heavy (non-hydrogen) atoms. The van der Waals surface area contributed by atoms with E-state index < -0.39 is 11.9 Å². The van der Waals surface area contributed by atoms with Gasteiger partial charge in [-0.05, 0) is 49.7 Å². The molecule has 0 aliphatic heterocycles. The molecule has 0 unspecified atom stereocenters. The Kier molecular flexibility index (Phi) is 4.53. The Morgan fingerprint density at radius 1 is 1.15 bits per heavy atom. The van der Waals surface area contributed by atoms with Gasteiger partial charge in [-0.1, -0.05) is 23.2 Å². The normalized spacial score (nSPS) is 12.3. The maximum atomic E-state index is 13.6. The standard InChI is InChI=1S/C15H13Cl2FO2/c1-8-5-15(11(9(2)19)7-13(8)18)20-14-4-3-10(16)6-12(14)17/h3-7,9,19H,1-2H3/t9-/m0/s1. The fourth-order valence-corrected chi connectivity index (χ4v) is 2.21. The van der Waals surface area contributed by atoms with Gasteiger partial charge in [-0.3, -0.25) is 0 Å². The molecule has 5 heteroatoms. The Balaban J connectivity index is 2.44. The van der Waals surface area contributed by atoms with Crippen molar-refractivity contribution in [3.05, 3.63) is 57.3 Å². The highest BCUT2D eigenvalue weighted by Gasteiger charge is 2.15. The second kappa shape index (κ2) is 6.00. The summed E-state index contributed by atoms with van der Waals surface area (Å²) in [6.45, 7) is 3.16. The van der Waals surface area contributed by atoms with Crippen LogP contribution in [0.1, 0.15) is 24.2 Å². The topological polar surface area (TPSA) is 29.5 Å². The fraction of sp³-hybridized carbons (Fsp3) is 0.200. The molecule has 2 aromatic rings. The van der Waals surface area contributed by atoms with Crippen molar-refractivity contribution < 1.29 is 14.2 Å². The fourth-order valence-electron chi connectivity index (χ4n) is 1.76. The van der Waals surface area contributed by atoms with Crippen LogP contribution in [0.4, 0.5) is 4.39 Å². The van der Waals surface area contributed by atoms with Crippen LogP contribution in [0, 0.1) is 12.7 Å². The molecule has 2 nitrogen and oxygen atoms in total. The molecule has 0 aromatic heterocycles. The molecule has 0 aliphatic rings. The maximum Gasteiger partial charge on any atom is 0.146 e. The molecular formula is C15H13Cl2FO2. The van der Waals surface area contributed by atoms with Crippen LogP contribution in [-0.2, 0) is 0 Å². The van der Waals surface area contributed by atoms with Crippen molar-refractivity contribution in [3.8, 4) is 11.5 Å². The van der Waals surface area contributed by atoms with Gasteiger partial charge in [-0.2, -0.15) is 0 Å². The van der Waals surface area contributed by atoms with Crippen LogP contribution in [0.15, 0.2) is 30.3 Å². The van der Waals surface area contributed by atoms with E-state index in [1.54, 1.807) is 32.0 Å². The quantitative estimate of drug-likeness (QED) is 0.834. The molecule has 0 fully saturated rings. The van der Waals surface area contributed by atoms with E-state index in [0.29, 0.717) is 32.7 Å². The van der Waals surface area contributed by atoms with Gasteiger partial charge >= 0.3 is 0 Å². The molecule has 2 rings (SSSR count). The van der Waals surface area contributed by atoms with E-state index in [-0.39, 0.29) is 0 Å². The lowest BCUT2D eigenvalue weighted by atomic mass is 10.1. The summed E-state index contributed by atoms with van der Waals surface area (Å²) in [5.74, 6) is 0.363. The number of aliphatic hydroxyl groups excluding tert-OH is 1. The first-order valence-corrected chi connectivity index (χ1v) is 6.75. The van der Waals surface area contributed by atoms with Crippen molar-refractivity contribution in [2.75, 3.05) is 0 Å². The molecular weight excluding hydrogens is 302 g/mol. The molecule has 0 aliphatic carbocycles. The first kappa shape index (κ1) is 15.1. The molecule has 0 heterocycles. The van der Waals surface area contributed by atoms with Crippen molar-refractivity contribution in [2.24, 2.45) is 0 Å². The molecule has 0 amide bonds. The molecule has 106 valence electrons. The minimum absolute atomic E-state index is 0.344. The van der Waals surface area contributed by atoms with Crippen molar-refractivity contribution in [1.29, 1.82) is 0 Å². The van der Waals surface area contributed by atoms with Crippen LogP contribution in [0.2, 0.25) is 10.0 Å². The molecule has 2 aromatic carbocycles. The second-order valence-electron chi connectivity index (χ2n) is 4.49. The Morgan fingerprint density at radius 2 is 1.85 bits per heavy atom. The van der Waals surface area contributed by atoms with Crippen molar-refractivity contribution in [2.45, 2.75) is 20.0 Å². The molecule has 0 spiro atoms. The van der Waals surface area contributed by atoms with Gasteiger partial charge in [0.1, 0.15) is 17.3 Å². The zero-order chi connectivity index (χ0) is 14.9. The van der Waals surface area contributed by atoms with Crippen LogP contribution in [-0.4, -0.2) is 5.11 Å². The number of ether oxygens (including phenoxy) is 1. The number of hydrogen-bond acceptors (Lipinski definition) is 2. The summed E-state index contributed by atoms with van der Waals surface area (Å²) in [5, 5.41) is 10.5. The van der Waals surface area contributed by atoms with Gasteiger partial charge in [-0.15, -0.1) is 0 Å². The SMILES string of the molecule is Cc1cc(Oc2ccc(Cl)cc2Cl)c([C@H](C)O)cc1F. The zero-order valence-electron chi connectivity index (χ0n) is 11.0. The highest BCUT2D eigenvalue weighted by atomic mass is 35.5. The van der Waals surface area contributed by atoms with E-state index in [4.69, 9.17) is 27.9 Å². The summed E-state index contributed by atoms with van der Waals surface area (Å²) in [6, 6.07) is 7.61. The van der Waals surface area contributed by atoms with E-state index in [2.05, 4.69) is 0 Å². The van der Waals surface area contributed by atoms with E-state index in [1.807, 2.05) is 0 Å². The van der Waals surface area contributed by atoms with Crippen molar-refractivity contribution in [3.63, 3.8) is 0 Å². The Hall–Kier alpha value is -1.29. The molecule has 0 saturated carbocycles. The minimum Gasteiger partial charge on any atom is -0.455 e. The highest BCUT2D eigenvalue weighted by molar-refractivity contribution is 6.35. The lowest BCUT2D eigenvalue weighted by Crippen LogP contribution is -1.99. The van der Waals surface area contributed by atoms with Gasteiger partial charge in [-0.25, -0.2) is 4.39 Å². The van der Waals surface area contributed by atoms with Crippen LogP contribution in [0.5, 0.6) is 11.5 Å². The average Bonchev–Trinajstić information content (AvgIpc) is 2.36. The van der Waals surface area contributed by atoms with E-state index in [0.717, 1.165) is 0 Å². The van der Waals surface area contributed by atoms with Crippen LogP contribution < -0.4 is 4.74 Å². The monoisotopic (exact) mass is 314 g/mol. The first-order valence-electron chi connectivity index (χ1n) is 5.99. The lowest BCUT2D eigenvalue weighted by Gasteiger charge is -2.15. The molecule has 0 radical (unpaired) electrons. The number of aryl methyl sites for hydroxylation is 1. The third-order valence-corrected chi connectivity index (χ3v) is 3.39. The van der Waals surface area contributed by atoms with Gasteiger partial charge in [0.2, 0.25) is 0 Å². The summed E-state index contributed by atoms with van der Waals surface area (Å²) >= 11 is 11.9. The first-order chi connectivity index (χ1) is 9.38. The molecule has 1 atom stereocenters. The highest BCUT2D eigenvalue weighted by Crippen LogP contribution is 2.36. The average molecular weight is 315 g/mol. The van der Waals surface area contributed by atoms with E-state index >= 15 is 0 Å². The number of rotatable bonds is 3. The third kappa shape index (κ3) is 3.23. The van der Waals surface area contributed by atoms with E-state index in [1.165, 1.54) is 12.1 Å². The predicted octanol–water partition coefficient (Wildman–Crippen LogP) is 5.29. The Labute approximate surface area is 126 Å². The largest absolute Gasteiger partial charge is 0.455 e. The third-order valence-electron chi connectivity index (χ3n) is 2.85. The zero-order valence-corrected chi connectivity index (χ0v) is 12.5. The summed E-state index contributed by atoms with van der Waals surface area (Å²) in [4.78, 5) is 0. The number of aliphatic hydroxyl groups is 1. The second-order valence-corrected chi connectivity index (χ2v) is 5.34. The predicted molar refractivity (Wildman–Crippen MR) is 78.3 cm³/mol. The molecule has 0 saturated heterocycles. The van der Waals surface area contributed by atoms with Gasteiger partial charge in [0, 0.05) is 10.6 Å². The summed E-state index contributed by atoms with van der Waals surface area (Å²) in [6.07, 6.45) is -0.855. The van der Waals surface area contributed by atoms with Gasteiger partial charge in [0.15, 0.2) is 0 Å². The molecule has 0 bridgehead atoms. The van der Waals surface area contributed by atoms with Gasteiger partial charge in [0.05, 0.1) is 11.1 Å². The van der Waals surface area contributed by atoms with Gasteiger partial charge in [0.25, 0.3) is 0 Å². The summed E-state index contributed by atoms with van der Waals surface area (Å²) in [7, 11) is 0. The lowest BCUT2D eigenvalue weighted by molar-refractivity contribution is 0.195. The molecule has 1 N–H and O–H groups in total. The maximum absolute atomic E-state index is 13.6. The van der Waals surface area contributed by atoms with Crippen molar-refractivity contribution >= 4 is 23.2 Å². The summed E-state index contributed by atoms with van der Waals surface area (Å²) in [5.41, 5.74) is 0.786. The van der Waals surface area contributed by atoms with E-state index in [9.17, 15) is 9.50 Å². The minimum atomic E-state index is -0.855. The van der Waals surface area contributed by atoms with Crippen LogP contribution >= 0.6 is 23.2 Å².